The monoisotopic (exact) mass is 291 g/mol. The number of nitrogens with zero attached hydrogens (tertiary/aromatic N) is 1. The van der Waals surface area contributed by atoms with Crippen LogP contribution in [0.4, 0.5) is 4.39 Å². The van der Waals surface area contributed by atoms with Gasteiger partial charge in [0.25, 0.3) is 0 Å². The molecule has 1 aliphatic carbocycles. The number of nitrogens with two attached hydrogens (primary N) is 1. The number of hydrogen-bond donors (Lipinski definition) is 2. The third-order valence-corrected chi connectivity index (χ3v) is 4.59. The van der Waals surface area contributed by atoms with Crippen molar-refractivity contribution in [3.05, 3.63) is 35.1 Å². The third kappa shape index (κ3) is 3.41. The highest BCUT2D eigenvalue weighted by atomic mass is 19.1. The van der Waals surface area contributed by atoms with E-state index in [9.17, 15) is 9.18 Å². The summed E-state index contributed by atoms with van der Waals surface area (Å²) in [6.45, 7) is 2.17. The first-order valence-electron chi connectivity index (χ1n) is 7.67. The van der Waals surface area contributed by atoms with Crippen LogP contribution in [0.1, 0.15) is 36.4 Å². The van der Waals surface area contributed by atoms with Gasteiger partial charge in [0.1, 0.15) is 5.82 Å². The van der Waals surface area contributed by atoms with Gasteiger partial charge in [-0.05, 0) is 48.9 Å². The molecule has 0 spiro atoms. The highest BCUT2D eigenvalue weighted by Crippen LogP contribution is 2.32. The van der Waals surface area contributed by atoms with Crippen LogP contribution in [0.15, 0.2) is 18.2 Å². The lowest BCUT2D eigenvalue weighted by atomic mass is 10.0. The summed E-state index contributed by atoms with van der Waals surface area (Å²) in [6, 6.07) is 5.93. The van der Waals surface area contributed by atoms with Gasteiger partial charge in [0.05, 0.1) is 6.54 Å². The molecule has 1 aromatic carbocycles. The summed E-state index contributed by atoms with van der Waals surface area (Å²) < 4.78 is 13.2. The van der Waals surface area contributed by atoms with Crippen LogP contribution in [0.5, 0.6) is 0 Å². The predicted molar refractivity (Wildman–Crippen MR) is 79.3 cm³/mol. The Morgan fingerprint density at radius 3 is 2.81 bits per heavy atom. The fourth-order valence-electron chi connectivity index (χ4n) is 3.52. The molecule has 1 fully saturated rings. The molecule has 3 rings (SSSR count). The molecule has 0 bridgehead atoms. The van der Waals surface area contributed by atoms with Crippen LogP contribution in [0, 0.1) is 5.82 Å². The third-order valence-electron chi connectivity index (χ3n) is 4.59. The van der Waals surface area contributed by atoms with Gasteiger partial charge in [0.2, 0.25) is 5.91 Å². The van der Waals surface area contributed by atoms with E-state index in [1.807, 2.05) is 6.07 Å². The smallest absolute Gasteiger partial charge is 0.231 e. The number of nitrogens with one attached hydrogen (secondary N) is 1. The largest absolute Gasteiger partial charge is 0.369 e. The number of carbonyl (C=O) groups is 1. The molecule has 1 heterocycles. The van der Waals surface area contributed by atoms with Gasteiger partial charge in [-0.1, -0.05) is 6.07 Å². The standard InChI is InChI=1S/C16H22FN3O/c17-12-2-3-14-11(9-12)1-4-15(14)19-13-5-7-20(8-6-13)10-16(18)21/h2-3,9,13,15,19H,1,4-8,10H2,(H2,18,21). The molecule has 0 saturated carbocycles. The average Bonchev–Trinajstić information content (AvgIpc) is 2.83. The van der Waals surface area contributed by atoms with E-state index >= 15 is 0 Å². The molecular formula is C16H22FN3O. The lowest BCUT2D eigenvalue weighted by molar-refractivity contribution is -0.119. The van der Waals surface area contributed by atoms with E-state index in [0.717, 1.165) is 44.3 Å². The number of benzene rings is 1. The van der Waals surface area contributed by atoms with Crippen molar-refractivity contribution < 1.29 is 9.18 Å². The molecule has 1 aliphatic heterocycles. The van der Waals surface area contributed by atoms with Gasteiger partial charge in [-0.2, -0.15) is 0 Å². The molecule has 5 heteroatoms. The molecule has 0 aromatic heterocycles. The molecular weight excluding hydrogens is 269 g/mol. The topological polar surface area (TPSA) is 58.4 Å². The minimum atomic E-state index is -0.256. The Hall–Kier alpha value is -1.46. The van der Waals surface area contributed by atoms with Crippen LogP contribution < -0.4 is 11.1 Å². The molecule has 1 saturated heterocycles. The Kier molecular flexibility index (Phi) is 4.22. The molecule has 1 aromatic rings. The van der Waals surface area contributed by atoms with Crippen molar-refractivity contribution in [1.82, 2.24) is 10.2 Å². The van der Waals surface area contributed by atoms with E-state index in [4.69, 9.17) is 5.73 Å². The zero-order chi connectivity index (χ0) is 14.8. The van der Waals surface area contributed by atoms with Crippen molar-refractivity contribution in [3.63, 3.8) is 0 Å². The molecule has 114 valence electrons. The van der Waals surface area contributed by atoms with Gasteiger partial charge in [0.15, 0.2) is 0 Å². The maximum Gasteiger partial charge on any atom is 0.231 e. The normalized spacial score (nSPS) is 23.2. The van der Waals surface area contributed by atoms with Crippen molar-refractivity contribution in [2.45, 2.75) is 37.8 Å². The molecule has 2 aliphatic rings. The summed E-state index contributed by atoms with van der Waals surface area (Å²) in [4.78, 5) is 13.0. The molecule has 4 nitrogen and oxygen atoms in total. The van der Waals surface area contributed by atoms with E-state index in [1.165, 1.54) is 5.56 Å². The van der Waals surface area contributed by atoms with Crippen LogP contribution in [0.3, 0.4) is 0 Å². The second kappa shape index (κ2) is 6.12. The Bertz CT molecular complexity index is 526. The van der Waals surface area contributed by atoms with Crippen molar-refractivity contribution >= 4 is 5.91 Å². The second-order valence-electron chi connectivity index (χ2n) is 6.12. The molecule has 3 N–H and O–H groups in total. The van der Waals surface area contributed by atoms with Crippen LogP contribution in [-0.4, -0.2) is 36.5 Å². The molecule has 1 amide bonds. The number of hydrogen-bond acceptors (Lipinski definition) is 3. The van der Waals surface area contributed by atoms with Gasteiger partial charge in [-0.3, -0.25) is 9.69 Å². The molecule has 21 heavy (non-hydrogen) atoms. The fraction of sp³-hybridized carbons (Fsp3) is 0.562. The van der Waals surface area contributed by atoms with Crippen LogP contribution in [-0.2, 0) is 11.2 Å². The minimum Gasteiger partial charge on any atom is -0.369 e. The number of carbonyl (C=O) groups excluding carboxylic acids is 1. The average molecular weight is 291 g/mol. The first-order chi connectivity index (χ1) is 10.1. The predicted octanol–water partition coefficient (Wildman–Crippen LogP) is 1.35. The molecule has 1 unspecified atom stereocenters. The lowest BCUT2D eigenvalue weighted by Crippen LogP contribution is -2.45. The SMILES string of the molecule is NC(=O)CN1CCC(NC2CCc3cc(F)ccc32)CC1. The number of aryl methyl sites for hydroxylation is 1. The number of likely N-dealkylation sites (tertiary alicyclic amines) is 1. The maximum atomic E-state index is 13.2. The number of fused-ring (bicyclic) bond motifs is 1. The maximum absolute atomic E-state index is 13.2. The Morgan fingerprint density at radius 2 is 2.10 bits per heavy atom. The van der Waals surface area contributed by atoms with Gasteiger partial charge < -0.3 is 11.1 Å². The summed E-state index contributed by atoms with van der Waals surface area (Å²) >= 11 is 0. The first-order valence-corrected chi connectivity index (χ1v) is 7.67. The second-order valence-corrected chi connectivity index (χ2v) is 6.12. The van der Waals surface area contributed by atoms with E-state index < -0.39 is 0 Å². The van der Waals surface area contributed by atoms with E-state index in [1.54, 1.807) is 12.1 Å². The van der Waals surface area contributed by atoms with Crippen LogP contribution in [0.2, 0.25) is 0 Å². The zero-order valence-corrected chi connectivity index (χ0v) is 12.1. The van der Waals surface area contributed by atoms with E-state index in [-0.39, 0.29) is 11.7 Å². The van der Waals surface area contributed by atoms with Gasteiger partial charge in [0, 0.05) is 25.2 Å². The molecule has 0 radical (unpaired) electrons. The summed E-state index contributed by atoms with van der Waals surface area (Å²) in [5, 5.41) is 3.70. The molecule has 1 atom stereocenters. The minimum absolute atomic E-state index is 0.144. The number of amides is 1. The Morgan fingerprint density at radius 1 is 1.33 bits per heavy atom. The number of halogens is 1. The Labute approximate surface area is 124 Å². The number of primary amides is 1. The number of rotatable bonds is 4. The van der Waals surface area contributed by atoms with Gasteiger partial charge in [-0.15, -0.1) is 0 Å². The van der Waals surface area contributed by atoms with Gasteiger partial charge in [-0.25, -0.2) is 4.39 Å². The van der Waals surface area contributed by atoms with Crippen molar-refractivity contribution in [1.29, 1.82) is 0 Å². The van der Waals surface area contributed by atoms with E-state index in [0.29, 0.717) is 18.6 Å². The highest BCUT2D eigenvalue weighted by Gasteiger charge is 2.27. The highest BCUT2D eigenvalue weighted by molar-refractivity contribution is 5.75. The summed E-state index contributed by atoms with van der Waals surface area (Å²) in [5.74, 6) is -0.401. The summed E-state index contributed by atoms with van der Waals surface area (Å²) in [7, 11) is 0. The van der Waals surface area contributed by atoms with E-state index in [2.05, 4.69) is 10.2 Å². The van der Waals surface area contributed by atoms with Crippen molar-refractivity contribution in [3.8, 4) is 0 Å². The summed E-state index contributed by atoms with van der Waals surface area (Å²) in [5.41, 5.74) is 7.61. The quantitative estimate of drug-likeness (QED) is 0.880. The van der Waals surface area contributed by atoms with Crippen molar-refractivity contribution in [2.24, 2.45) is 5.73 Å². The number of piperidine rings is 1. The fourth-order valence-corrected chi connectivity index (χ4v) is 3.52. The lowest BCUT2D eigenvalue weighted by Gasteiger charge is -2.33. The van der Waals surface area contributed by atoms with Crippen LogP contribution >= 0.6 is 0 Å². The van der Waals surface area contributed by atoms with Crippen LogP contribution in [0.25, 0.3) is 0 Å². The van der Waals surface area contributed by atoms with Gasteiger partial charge >= 0.3 is 0 Å². The Balaban J connectivity index is 1.54. The zero-order valence-electron chi connectivity index (χ0n) is 12.1. The van der Waals surface area contributed by atoms with Crippen molar-refractivity contribution in [2.75, 3.05) is 19.6 Å². The summed E-state index contributed by atoms with van der Waals surface area (Å²) in [6.07, 6.45) is 4.05. The first kappa shape index (κ1) is 14.5.